The summed E-state index contributed by atoms with van der Waals surface area (Å²) in [7, 11) is 0. The number of hydrogen-bond acceptors (Lipinski definition) is 2. The molecule has 0 aromatic heterocycles. The maximum atomic E-state index is 13.7. The van der Waals surface area contributed by atoms with E-state index in [2.05, 4.69) is 5.32 Å². The number of urea groups is 1. The van der Waals surface area contributed by atoms with E-state index in [4.69, 9.17) is 0 Å². The van der Waals surface area contributed by atoms with Gasteiger partial charge in [0.25, 0.3) is 0 Å². The van der Waals surface area contributed by atoms with Crippen LogP contribution in [0.3, 0.4) is 0 Å². The van der Waals surface area contributed by atoms with Gasteiger partial charge in [-0.05, 0) is 60.4 Å². The van der Waals surface area contributed by atoms with E-state index in [0.717, 1.165) is 0 Å². The molecule has 2 aromatic rings. The van der Waals surface area contributed by atoms with Crippen molar-refractivity contribution in [3.63, 3.8) is 0 Å². The molecule has 4 nitrogen and oxygen atoms in total. The number of amides is 2. The van der Waals surface area contributed by atoms with Gasteiger partial charge in [-0.3, -0.25) is 0 Å². The molecule has 2 aliphatic heterocycles. The van der Waals surface area contributed by atoms with E-state index < -0.39 is 47.4 Å². The lowest BCUT2D eigenvalue weighted by Crippen LogP contribution is -2.54. The molecule has 11 heteroatoms. The Labute approximate surface area is 203 Å². The largest absolute Gasteiger partial charge is 0.416 e. The highest BCUT2D eigenvalue weighted by Gasteiger charge is 2.40. The summed E-state index contributed by atoms with van der Waals surface area (Å²) in [6, 6.07) is 3.65. The van der Waals surface area contributed by atoms with Crippen LogP contribution in [0.5, 0.6) is 0 Å². The fourth-order valence-electron chi connectivity index (χ4n) is 4.76. The van der Waals surface area contributed by atoms with Gasteiger partial charge in [0.05, 0.1) is 23.2 Å². The molecule has 194 valence electrons. The van der Waals surface area contributed by atoms with Crippen molar-refractivity contribution in [3.05, 3.63) is 82.2 Å². The predicted molar refractivity (Wildman–Crippen MR) is 118 cm³/mol. The standard InChI is InChI=1S/C25H24F7N3O/c1-15-10-19(26)5-6-20(15)22-14-33-7-9-35(22)23(36)34-8-3-2-4-21(34)16-11-17(24(27,28)29)13-18(12-16)25(30,31)32/h2-3,5-6,10-13,21-22,33H,4,7-9,14H2,1H3/t21?,22-/m1/s1. The molecule has 0 bridgehead atoms. The van der Waals surface area contributed by atoms with Gasteiger partial charge < -0.3 is 15.1 Å². The second kappa shape index (κ2) is 9.76. The Balaban J connectivity index is 1.72. The molecule has 0 saturated carbocycles. The Morgan fingerprint density at radius 1 is 0.917 bits per heavy atom. The summed E-state index contributed by atoms with van der Waals surface area (Å²) >= 11 is 0. The first-order chi connectivity index (χ1) is 16.9. The van der Waals surface area contributed by atoms with Crippen LogP contribution in [0.1, 0.15) is 46.3 Å². The lowest BCUT2D eigenvalue weighted by molar-refractivity contribution is -0.143. The van der Waals surface area contributed by atoms with Crippen LogP contribution in [-0.2, 0) is 12.4 Å². The molecule has 1 saturated heterocycles. The Bertz CT molecular complexity index is 1130. The van der Waals surface area contributed by atoms with Gasteiger partial charge in [-0.2, -0.15) is 26.3 Å². The highest BCUT2D eigenvalue weighted by molar-refractivity contribution is 5.76. The average Bonchev–Trinajstić information content (AvgIpc) is 2.82. The van der Waals surface area contributed by atoms with Crippen LogP contribution >= 0.6 is 0 Å². The molecule has 1 N–H and O–H groups in total. The highest BCUT2D eigenvalue weighted by atomic mass is 19.4. The summed E-state index contributed by atoms with van der Waals surface area (Å²) in [5.41, 5.74) is -1.74. The Hall–Kier alpha value is -3.08. The lowest BCUT2D eigenvalue weighted by Gasteiger charge is -2.43. The molecular formula is C25H24F7N3O. The van der Waals surface area contributed by atoms with Gasteiger partial charge >= 0.3 is 18.4 Å². The fraction of sp³-hybridized carbons (Fsp3) is 0.400. The monoisotopic (exact) mass is 515 g/mol. The number of carbonyl (C=O) groups is 1. The minimum Gasteiger partial charge on any atom is -0.315 e. The molecule has 0 radical (unpaired) electrons. The van der Waals surface area contributed by atoms with E-state index in [1.54, 1.807) is 30.0 Å². The number of nitrogens with one attached hydrogen (secondary N) is 1. The average molecular weight is 515 g/mol. The van der Waals surface area contributed by atoms with Crippen LogP contribution in [-0.4, -0.2) is 42.0 Å². The zero-order valence-electron chi connectivity index (χ0n) is 19.3. The first kappa shape index (κ1) is 26.0. The number of alkyl halides is 6. The zero-order chi connectivity index (χ0) is 26.3. The smallest absolute Gasteiger partial charge is 0.315 e. The van der Waals surface area contributed by atoms with E-state index >= 15 is 0 Å². The molecule has 2 aliphatic rings. The van der Waals surface area contributed by atoms with E-state index in [0.29, 0.717) is 36.3 Å². The molecule has 2 atom stereocenters. The molecule has 2 amide bonds. The van der Waals surface area contributed by atoms with E-state index in [9.17, 15) is 35.5 Å². The van der Waals surface area contributed by atoms with E-state index in [1.165, 1.54) is 17.0 Å². The normalized spacial score (nSPS) is 21.1. The van der Waals surface area contributed by atoms with Gasteiger partial charge in [-0.15, -0.1) is 0 Å². The van der Waals surface area contributed by atoms with Crippen molar-refractivity contribution >= 4 is 6.03 Å². The van der Waals surface area contributed by atoms with Crippen molar-refractivity contribution < 1.29 is 35.5 Å². The van der Waals surface area contributed by atoms with Crippen LogP contribution in [0.15, 0.2) is 48.6 Å². The first-order valence-corrected chi connectivity index (χ1v) is 11.3. The number of hydrogen-bond donors (Lipinski definition) is 1. The van der Waals surface area contributed by atoms with E-state index in [-0.39, 0.29) is 31.1 Å². The third-order valence-corrected chi connectivity index (χ3v) is 6.52. The molecule has 36 heavy (non-hydrogen) atoms. The predicted octanol–water partition coefficient (Wildman–Crippen LogP) is 6.24. The molecule has 0 aliphatic carbocycles. The van der Waals surface area contributed by atoms with Gasteiger partial charge in [0.2, 0.25) is 0 Å². The molecule has 0 spiro atoms. The number of piperazine rings is 1. The van der Waals surface area contributed by atoms with Crippen LogP contribution in [0.25, 0.3) is 0 Å². The third kappa shape index (κ3) is 5.35. The topological polar surface area (TPSA) is 35.6 Å². The van der Waals surface area contributed by atoms with Gasteiger partial charge in [0.15, 0.2) is 0 Å². The Morgan fingerprint density at radius 3 is 2.19 bits per heavy atom. The Morgan fingerprint density at radius 2 is 1.58 bits per heavy atom. The van der Waals surface area contributed by atoms with Crippen LogP contribution in [0.4, 0.5) is 35.5 Å². The van der Waals surface area contributed by atoms with Crippen molar-refractivity contribution in [2.45, 2.75) is 37.8 Å². The number of carbonyl (C=O) groups excluding carboxylic acids is 1. The number of benzene rings is 2. The SMILES string of the molecule is Cc1cc(F)ccc1[C@H]1CNCCN1C(=O)N1CC=CCC1c1cc(C(F)(F)F)cc(C(F)(F)F)c1. The van der Waals surface area contributed by atoms with Gasteiger partial charge in [-0.25, -0.2) is 9.18 Å². The van der Waals surface area contributed by atoms with E-state index in [1.807, 2.05) is 0 Å². The summed E-state index contributed by atoms with van der Waals surface area (Å²) in [4.78, 5) is 16.6. The molecule has 1 unspecified atom stereocenters. The number of rotatable bonds is 2. The fourth-order valence-corrected chi connectivity index (χ4v) is 4.76. The summed E-state index contributed by atoms with van der Waals surface area (Å²) in [6.45, 7) is 2.83. The second-order valence-corrected chi connectivity index (χ2v) is 8.91. The van der Waals surface area contributed by atoms with Crippen LogP contribution < -0.4 is 5.32 Å². The van der Waals surface area contributed by atoms with Gasteiger partial charge in [0, 0.05) is 26.2 Å². The van der Waals surface area contributed by atoms with Crippen molar-refractivity contribution in [1.29, 1.82) is 0 Å². The highest BCUT2D eigenvalue weighted by Crippen LogP contribution is 2.40. The second-order valence-electron chi connectivity index (χ2n) is 8.91. The summed E-state index contributed by atoms with van der Waals surface area (Å²) in [6.07, 6.45) is -6.61. The van der Waals surface area contributed by atoms with Crippen molar-refractivity contribution in [2.24, 2.45) is 0 Å². The van der Waals surface area contributed by atoms with Crippen molar-refractivity contribution in [2.75, 3.05) is 26.2 Å². The molecule has 4 rings (SSSR count). The molecular weight excluding hydrogens is 491 g/mol. The molecule has 1 fully saturated rings. The maximum absolute atomic E-state index is 13.7. The quantitative estimate of drug-likeness (QED) is 0.380. The first-order valence-electron chi connectivity index (χ1n) is 11.3. The zero-order valence-corrected chi connectivity index (χ0v) is 19.3. The number of halogens is 7. The van der Waals surface area contributed by atoms with Crippen molar-refractivity contribution in [3.8, 4) is 0 Å². The van der Waals surface area contributed by atoms with Crippen LogP contribution in [0, 0.1) is 12.7 Å². The summed E-state index contributed by atoms with van der Waals surface area (Å²) in [5.74, 6) is -0.427. The van der Waals surface area contributed by atoms with Crippen LogP contribution in [0.2, 0.25) is 0 Å². The minimum absolute atomic E-state index is 0.0279. The Kier molecular flexibility index (Phi) is 7.05. The number of nitrogens with zero attached hydrogens (tertiary/aromatic N) is 2. The summed E-state index contributed by atoms with van der Waals surface area (Å²) in [5, 5.41) is 3.18. The third-order valence-electron chi connectivity index (χ3n) is 6.52. The molecule has 2 heterocycles. The maximum Gasteiger partial charge on any atom is 0.416 e. The van der Waals surface area contributed by atoms with Gasteiger partial charge in [0.1, 0.15) is 5.82 Å². The van der Waals surface area contributed by atoms with Crippen molar-refractivity contribution in [1.82, 2.24) is 15.1 Å². The lowest BCUT2D eigenvalue weighted by atomic mass is 9.94. The van der Waals surface area contributed by atoms with Gasteiger partial charge in [-0.1, -0.05) is 18.2 Å². The summed E-state index contributed by atoms with van der Waals surface area (Å²) < 4.78 is 94.4. The number of aryl methyl sites for hydroxylation is 1. The molecule has 2 aromatic carbocycles. The minimum atomic E-state index is -4.99.